The van der Waals surface area contributed by atoms with Crippen molar-refractivity contribution in [2.75, 3.05) is 5.32 Å². The molecule has 0 fully saturated rings. The van der Waals surface area contributed by atoms with Crippen LogP contribution < -0.4 is 5.32 Å². The molecule has 0 radical (unpaired) electrons. The number of alkyl halides is 3. The Balaban J connectivity index is 1.83. The van der Waals surface area contributed by atoms with Crippen LogP contribution in [-0.2, 0) is 25.4 Å². The zero-order valence-electron chi connectivity index (χ0n) is 13.3. The molecule has 8 heteroatoms. The summed E-state index contributed by atoms with van der Waals surface area (Å²) in [6.07, 6.45) is 3.40. The summed E-state index contributed by atoms with van der Waals surface area (Å²) in [7, 11) is 0. The van der Waals surface area contributed by atoms with Crippen molar-refractivity contribution in [1.82, 2.24) is 19.9 Å². The van der Waals surface area contributed by atoms with Crippen LogP contribution in [-0.4, -0.2) is 26.0 Å². The number of aryl methyl sites for hydroxylation is 1. The molecule has 0 spiro atoms. The molecule has 3 rings (SSSR count). The first-order valence-electron chi connectivity index (χ1n) is 7.92. The van der Waals surface area contributed by atoms with Gasteiger partial charge in [-0.3, -0.25) is 9.97 Å². The molecule has 0 aromatic carbocycles. The van der Waals surface area contributed by atoms with Crippen molar-refractivity contribution in [2.24, 2.45) is 0 Å². The highest BCUT2D eigenvalue weighted by Crippen LogP contribution is 2.35. The maximum atomic E-state index is 13.3. The molecule has 2 aromatic heterocycles. The van der Waals surface area contributed by atoms with Crippen LogP contribution >= 0.6 is 0 Å². The largest absolute Gasteiger partial charge is 0.433 e. The fourth-order valence-electron chi connectivity index (χ4n) is 2.91. The quantitative estimate of drug-likeness (QED) is 0.928. The van der Waals surface area contributed by atoms with Crippen molar-refractivity contribution in [3.63, 3.8) is 0 Å². The van der Waals surface area contributed by atoms with E-state index in [4.69, 9.17) is 0 Å². The molecule has 128 valence electrons. The molecule has 5 nitrogen and oxygen atoms in total. The van der Waals surface area contributed by atoms with Gasteiger partial charge < -0.3 is 5.32 Å². The Hall–Kier alpha value is -2.25. The number of anilines is 1. The highest BCUT2D eigenvalue weighted by molar-refractivity contribution is 5.38. The standard InChI is InChI=1S/C16H18F3N5/c1-10(8-11-9-20-6-7-21-11)22-15-23-13-5-3-2-4-12(13)14(24-15)16(17,18)19/h6-7,9-10H,2-5,8H2,1H3,(H,22,23,24)/t10-/m1/s1. The second kappa shape index (κ2) is 6.70. The van der Waals surface area contributed by atoms with Crippen LogP contribution in [0.2, 0.25) is 0 Å². The summed E-state index contributed by atoms with van der Waals surface area (Å²) in [5, 5.41) is 2.96. The lowest BCUT2D eigenvalue weighted by Crippen LogP contribution is -2.24. The van der Waals surface area contributed by atoms with Gasteiger partial charge in [-0.1, -0.05) is 0 Å². The fraction of sp³-hybridized carbons (Fsp3) is 0.500. The van der Waals surface area contributed by atoms with E-state index in [-0.39, 0.29) is 17.6 Å². The molecule has 0 unspecified atom stereocenters. The van der Waals surface area contributed by atoms with E-state index in [1.807, 2.05) is 6.92 Å². The average Bonchev–Trinajstić information content (AvgIpc) is 2.54. The Morgan fingerprint density at radius 2 is 1.96 bits per heavy atom. The van der Waals surface area contributed by atoms with Crippen LogP contribution in [0.4, 0.5) is 19.1 Å². The summed E-state index contributed by atoms with van der Waals surface area (Å²) in [5.41, 5.74) is 0.714. The average molecular weight is 337 g/mol. The van der Waals surface area contributed by atoms with E-state index >= 15 is 0 Å². The second-order valence-electron chi connectivity index (χ2n) is 5.97. The van der Waals surface area contributed by atoms with Crippen LogP contribution in [0.25, 0.3) is 0 Å². The smallest absolute Gasteiger partial charge is 0.351 e. The van der Waals surface area contributed by atoms with Gasteiger partial charge in [0.25, 0.3) is 0 Å². The number of fused-ring (bicyclic) bond motifs is 1. The molecule has 1 aliphatic carbocycles. The zero-order valence-corrected chi connectivity index (χ0v) is 13.3. The number of rotatable bonds is 4. The molecule has 0 saturated heterocycles. The van der Waals surface area contributed by atoms with Gasteiger partial charge in [0.2, 0.25) is 5.95 Å². The molecule has 24 heavy (non-hydrogen) atoms. The third-order valence-electron chi connectivity index (χ3n) is 3.96. The fourth-order valence-corrected chi connectivity index (χ4v) is 2.91. The van der Waals surface area contributed by atoms with Crippen LogP contribution in [0.3, 0.4) is 0 Å². The number of halogens is 3. The molecule has 0 saturated carbocycles. The predicted molar refractivity (Wildman–Crippen MR) is 82.5 cm³/mol. The van der Waals surface area contributed by atoms with Crippen molar-refractivity contribution in [3.8, 4) is 0 Å². The van der Waals surface area contributed by atoms with Gasteiger partial charge in [-0.05, 0) is 32.6 Å². The molecule has 2 aromatic rings. The Morgan fingerprint density at radius 1 is 1.17 bits per heavy atom. The SMILES string of the molecule is C[C@H](Cc1cnccn1)Nc1nc2c(c(C(F)(F)F)n1)CCCC2. The first kappa shape index (κ1) is 16.6. The Kier molecular flexibility index (Phi) is 4.64. The molecule has 0 bridgehead atoms. The van der Waals surface area contributed by atoms with Crippen molar-refractivity contribution in [3.05, 3.63) is 41.2 Å². The summed E-state index contributed by atoms with van der Waals surface area (Å²) < 4.78 is 39.9. The van der Waals surface area contributed by atoms with Gasteiger partial charge in [0.05, 0.1) is 5.69 Å². The first-order valence-corrected chi connectivity index (χ1v) is 7.92. The summed E-state index contributed by atoms with van der Waals surface area (Å²) >= 11 is 0. The van der Waals surface area contributed by atoms with E-state index < -0.39 is 11.9 Å². The highest BCUT2D eigenvalue weighted by Gasteiger charge is 2.38. The predicted octanol–water partition coefficient (Wildman–Crippen LogP) is 3.21. The van der Waals surface area contributed by atoms with E-state index in [0.29, 0.717) is 25.0 Å². The topological polar surface area (TPSA) is 63.6 Å². The van der Waals surface area contributed by atoms with Crippen molar-refractivity contribution < 1.29 is 13.2 Å². The summed E-state index contributed by atoms with van der Waals surface area (Å²) in [6, 6.07) is -0.163. The zero-order chi connectivity index (χ0) is 17.2. The van der Waals surface area contributed by atoms with Crippen LogP contribution in [0, 0.1) is 0 Å². The van der Waals surface area contributed by atoms with Crippen LogP contribution in [0.15, 0.2) is 18.6 Å². The van der Waals surface area contributed by atoms with Crippen LogP contribution in [0.1, 0.15) is 42.4 Å². The van der Waals surface area contributed by atoms with E-state index in [0.717, 1.165) is 18.5 Å². The van der Waals surface area contributed by atoms with Gasteiger partial charge in [0, 0.05) is 42.3 Å². The van der Waals surface area contributed by atoms with Crippen molar-refractivity contribution >= 4 is 5.95 Å². The highest BCUT2D eigenvalue weighted by atomic mass is 19.4. The monoisotopic (exact) mass is 337 g/mol. The number of hydrogen-bond acceptors (Lipinski definition) is 5. The van der Waals surface area contributed by atoms with Gasteiger partial charge in [-0.25, -0.2) is 9.97 Å². The molecule has 0 aliphatic heterocycles. The third kappa shape index (κ3) is 3.80. The lowest BCUT2D eigenvalue weighted by atomic mass is 9.94. The first-order chi connectivity index (χ1) is 11.4. The van der Waals surface area contributed by atoms with Gasteiger partial charge in [-0.15, -0.1) is 0 Å². The van der Waals surface area contributed by atoms with Gasteiger partial charge in [0.15, 0.2) is 5.69 Å². The lowest BCUT2D eigenvalue weighted by molar-refractivity contribution is -0.142. The van der Waals surface area contributed by atoms with Crippen molar-refractivity contribution in [2.45, 2.75) is 51.2 Å². The normalized spacial score (nSPS) is 15.7. The number of nitrogens with one attached hydrogen (secondary N) is 1. The van der Waals surface area contributed by atoms with Crippen molar-refractivity contribution in [1.29, 1.82) is 0 Å². The molecular formula is C16H18F3N5. The van der Waals surface area contributed by atoms with E-state index in [9.17, 15) is 13.2 Å². The van der Waals surface area contributed by atoms with Gasteiger partial charge >= 0.3 is 6.18 Å². The molecular weight excluding hydrogens is 319 g/mol. The van der Waals surface area contributed by atoms with E-state index in [2.05, 4.69) is 25.3 Å². The minimum absolute atomic E-state index is 0.0272. The Bertz CT molecular complexity index is 703. The Morgan fingerprint density at radius 3 is 2.67 bits per heavy atom. The van der Waals surface area contributed by atoms with Gasteiger partial charge in [-0.2, -0.15) is 13.2 Å². The third-order valence-corrected chi connectivity index (χ3v) is 3.96. The summed E-state index contributed by atoms with van der Waals surface area (Å²) in [6.45, 7) is 1.85. The molecule has 2 heterocycles. The maximum Gasteiger partial charge on any atom is 0.433 e. The summed E-state index contributed by atoms with van der Waals surface area (Å²) in [5.74, 6) is 0.0272. The number of hydrogen-bond donors (Lipinski definition) is 1. The minimum Gasteiger partial charge on any atom is -0.351 e. The number of aromatic nitrogens is 4. The molecule has 1 N–H and O–H groups in total. The van der Waals surface area contributed by atoms with E-state index in [1.54, 1.807) is 18.6 Å². The summed E-state index contributed by atoms with van der Waals surface area (Å²) in [4.78, 5) is 16.2. The maximum absolute atomic E-state index is 13.3. The lowest BCUT2D eigenvalue weighted by Gasteiger charge is -2.22. The molecule has 1 atom stereocenters. The molecule has 1 aliphatic rings. The number of nitrogens with zero attached hydrogens (tertiary/aromatic N) is 4. The minimum atomic E-state index is -4.46. The molecule has 0 amide bonds. The van der Waals surface area contributed by atoms with Crippen LogP contribution in [0.5, 0.6) is 0 Å². The van der Waals surface area contributed by atoms with Gasteiger partial charge in [0.1, 0.15) is 0 Å². The second-order valence-corrected chi connectivity index (χ2v) is 5.97. The van der Waals surface area contributed by atoms with E-state index in [1.165, 1.54) is 0 Å². The Labute approximate surface area is 137 Å².